The van der Waals surface area contributed by atoms with Crippen LogP contribution in [-0.4, -0.2) is 36.6 Å². The van der Waals surface area contributed by atoms with Gasteiger partial charge in [-0.25, -0.2) is 0 Å². The van der Waals surface area contributed by atoms with Gasteiger partial charge in [0.05, 0.1) is 13.2 Å². The Labute approximate surface area is 149 Å². The Morgan fingerprint density at radius 1 is 0.840 bits per heavy atom. The highest BCUT2D eigenvalue weighted by atomic mass is 16.7. The Kier molecular flexibility index (Phi) is 6.21. The van der Waals surface area contributed by atoms with Crippen molar-refractivity contribution >= 4 is 0 Å². The number of benzene rings is 2. The predicted molar refractivity (Wildman–Crippen MR) is 97.0 cm³/mol. The Bertz CT molecular complexity index is 633. The molecule has 2 aromatic carbocycles. The lowest BCUT2D eigenvalue weighted by molar-refractivity contribution is -0.139. The van der Waals surface area contributed by atoms with Crippen LogP contribution in [0.15, 0.2) is 54.6 Å². The molecule has 0 amide bonds. The molecule has 25 heavy (non-hydrogen) atoms. The minimum absolute atomic E-state index is 0.0970. The van der Waals surface area contributed by atoms with Crippen molar-refractivity contribution in [1.29, 1.82) is 0 Å². The average Bonchev–Trinajstić information content (AvgIpc) is 2.86. The fourth-order valence-electron chi connectivity index (χ4n) is 3.40. The summed E-state index contributed by atoms with van der Waals surface area (Å²) in [5, 5.41) is 18.7. The summed E-state index contributed by atoms with van der Waals surface area (Å²) in [4.78, 5) is 0. The van der Waals surface area contributed by atoms with E-state index in [1.807, 2.05) is 30.3 Å². The lowest BCUT2D eigenvalue weighted by atomic mass is 9.79. The Morgan fingerprint density at radius 2 is 1.48 bits per heavy atom. The van der Waals surface area contributed by atoms with E-state index in [0.29, 0.717) is 26.1 Å². The first kappa shape index (κ1) is 18.1. The number of hydrogen-bond acceptors (Lipinski definition) is 4. The second-order valence-corrected chi connectivity index (χ2v) is 6.70. The summed E-state index contributed by atoms with van der Waals surface area (Å²) in [6.45, 7) is 1.24. The molecule has 1 unspecified atom stereocenters. The normalized spacial score (nSPS) is 20.2. The van der Waals surface area contributed by atoms with Gasteiger partial charge in [-0.1, -0.05) is 54.6 Å². The van der Waals surface area contributed by atoms with Gasteiger partial charge in [-0.05, 0) is 30.4 Å². The molecule has 1 atom stereocenters. The van der Waals surface area contributed by atoms with Crippen LogP contribution in [0, 0.1) is 5.41 Å². The molecule has 1 saturated heterocycles. The van der Waals surface area contributed by atoms with Crippen LogP contribution >= 0.6 is 0 Å². The Morgan fingerprint density at radius 3 is 2.12 bits per heavy atom. The molecule has 4 nitrogen and oxygen atoms in total. The van der Waals surface area contributed by atoms with E-state index in [9.17, 15) is 10.2 Å². The van der Waals surface area contributed by atoms with E-state index in [4.69, 9.17) is 9.47 Å². The molecule has 0 spiro atoms. The van der Waals surface area contributed by atoms with Crippen LogP contribution in [0.25, 0.3) is 11.1 Å². The summed E-state index contributed by atoms with van der Waals surface area (Å²) in [5.41, 5.74) is 3.13. The van der Waals surface area contributed by atoms with Crippen molar-refractivity contribution in [2.24, 2.45) is 5.41 Å². The van der Waals surface area contributed by atoms with Crippen molar-refractivity contribution in [2.75, 3.05) is 26.4 Å². The third kappa shape index (κ3) is 4.47. The molecule has 1 aliphatic heterocycles. The van der Waals surface area contributed by atoms with Crippen LogP contribution in [-0.2, 0) is 9.47 Å². The fourth-order valence-corrected chi connectivity index (χ4v) is 3.40. The smallest absolute Gasteiger partial charge is 0.183 e. The van der Waals surface area contributed by atoms with Gasteiger partial charge in [0, 0.05) is 24.2 Å². The molecule has 0 aliphatic carbocycles. The van der Waals surface area contributed by atoms with Gasteiger partial charge in [0.1, 0.15) is 0 Å². The van der Waals surface area contributed by atoms with Gasteiger partial charge in [-0.15, -0.1) is 0 Å². The van der Waals surface area contributed by atoms with E-state index in [-0.39, 0.29) is 18.6 Å². The highest BCUT2D eigenvalue weighted by Gasteiger charge is 2.34. The number of hydrogen-bond donors (Lipinski definition) is 2. The molecule has 0 saturated carbocycles. The first-order chi connectivity index (χ1) is 12.3. The number of aliphatic hydroxyl groups excluding tert-OH is 2. The SMILES string of the molecule is OCCC1(CCO)CCOC(c2ccc(-c3ccccc3)cc2)OC1. The van der Waals surface area contributed by atoms with Crippen molar-refractivity contribution in [2.45, 2.75) is 25.6 Å². The topological polar surface area (TPSA) is 58.9 Å². The van der Waals surface area contributed by atoms with Crippen LogP contribution in [0.5, 0.6) is 0 Å². The van der Waals surface area contributed by atoms with Crippen molar-refractivity contribution in [1.82, 2.24) is 0 Å². The predicted octanol–water partition coefficient (Wildman–Crippen LogP) is 3.54. The molecular weight excluding hydrogens is 316 g/mol. The standard InChI is InChI=1S/C21H26O4/c22-13-10-21(11-14-23)12-15-24-20(25-16-21)19-8-6-18(7-9-19)17-4-2-1-3-5-17/h1-9,20,22-23H,10-16H2. The molecule has 134 valence electrons. The third-order valence-corrected chi connectivity index (χ3v) is 5.02. The summed E-state index contributed by atoms with van der Waals surface area (Å²) in [5.74, 6) is 0. The maximum atomic E-state index is 9.35. The number of aliphatic hydroxyl groups is 2. The summed E-state index contributed by atoms with van der Waals surface area (Å²) >= 11 is 0. The highest BCUT2D eigenvalue weighted by Crippen LogP contribution is 2.37. The van der Waals surface area contributed by atoms with Crippen molar-refractivity contribution in [3.05, 3.63) is 60.2 Å². The van der Waals surface area contributed by atoms with Gasteiger partial charge in [0.15, 0.2) is 6.29 Å². The maximum Gasteiger partial charge on any atom is 0.183 e. The minimum Gasteiger partial charge on any atom is -0.396 e. The van der Waals surface area contributed by atoms with Crippen LogP contribution in [0.4, 0.5) is 0 Å². The summed E-state index contributed by atoms with van der Waals surface area (Å²) in [6.07, 6.45) is 1.63. The number of rotatable bonds is 6. The third-order valence-electron chi connectivity index (χ3n) is 5.02. The van der Waals surface area contributed by atoms with Crippen molar-refractivity contribution < 1.29 is 19.7 Å². The molecule has 0 bridgehead atoms. The first-order valence-corrected chi connectivity index (χ1v) is 8.87. The van der Waals surface area contributed by atoms with Crippen molar-refractivity contribution in [3.63, 3.8) is 0 Å². The molecule has 1 aliphatic rings. The molecule has 0 aromatic heterocycles. The zero-order chi connectivity index (χ0) is 17.5. The lowest BCUT2D eigenvalue weighted by Gasteiger charge is -2.30. The summed E-state index contributed by atoms with van der Waals surface area (Å²) in [7, 11) is 0. The summed E-state index contributed by atoms with van der Waals surface area (Å²) in [6, 6.07) is 18.5. The quantitative estimate of drug-likeness (QED) is 0.843. The zero-order valence-electron chi connectivity index (χ0n) is 14.4. The lowest BCUT2D eigenvalue weighted by Crippen LogP contribution is -2.29. The van der Waals surface area contributed by atoms with Gasteiger partial charge in [-0.2, -0.15) is 0 Å². The molecule has 1 fully saturated rings. The van der Waals surface area contributed by atoms with E-state index in [1.54, 1.807) is 0 Å². The molecule has 2 aromatic rings. The van der Waals surface area contributed by atoms with Gasteiger partial charge in [0.25, 0.3) is 0 Å². The Hall–Kier alpha value is -1.72. The van der Waals surface area contributed by atoms with Crippen LogP contribution < -0.4 is 0 Å². The maximum absolute atomic E-state index is 9.35. The zero-order valence-corrected chi connectivity index (χ0v) is 14.4. The fraction of sp³-hybridized carbons (Fsp3) is 0.429. The Balaban J connectivity index is 1.70. The van der Waals surface area contributed by atoms with E-state index in [2.05, 4.69) is 24.3 Å². The van der Waals surface area contributed by atoms with Crippen LogP contribution in [0.3, 0.4) is 0 Å². The molecule has 2 N–H and O–H groups in total. The molecule has 3 rings (SSSR count). The van der Waals surface area contributed by atoms with E-state index >= 15 is 0 Å². The van der Waals surface area contributed by atoms with Gasteiger partial charge < -0.3 is 19.7 Å². The molecule has 0 radical (unpaired) electrons. The molecule has 4 heteroatoms. The summed E-state index contributed by atoms with van der Waals surface area (Å²) < 4.78 is 11.9. The van der Waals surface area contributed by atoms with E-state index in [0.717, 1.165) is 17.5 Å². The van der Waals surface area contributed by atoms with Crippen molar-refractivity contribution in [3.8, 4) is 11.1 Å². The number of ether oxygens (including phenoxy) is 2. The largest absolute Gasteiger partial charge is 0.396 e. The average molecular weight is 342 g/mol. The second-order valence-electron chi connectivity index (χ2n) is 6.70. The first-order valence-electron chi connectivity index (χ1n) is 8.87. The van der Waals surface area contributed by atoms with Crippen LogP contribution in [0.1, 0.15) is 31.1 Å². The van der Waals surface area contributed by atoms with Crippen LogP contribution in [0.2, 0.25) is 0 Å². The molecule has 1 heterocycles. The van der Waals surface area contributed by atoms with Gasteiger partial charge >= 0.3 is 0 Å². The second kappa shape index (κ2) is 8.59. The highest BCUT2D eigenvalue weighted by molar-refractivity contribution is 5.63. The van der Waals surface area contributed by atoms with E-state index in [1.165, 1.54) is 5.56 Å². The molecular formula is C21H26O4. The van der Waals surface area contributed by atoms with Gasteiger partial charge in [0.2, 0.25) is 0 Å². The van der Waals surface area contributed by atoms with Gasteiger partial charge in [-0.3, -0.25) is 0 Å². The van der Waals surface area contributed by atoms with E-state index < -0.39 is 6.29 Å². The monoisotopic (exact) mass is 342 g/mol. The minimum atomic E-state index is -0.399.